The first-order chi connectivity index (χ1) is 15.3. The molecule has 4 aromatic rings. The van der Waals surface area contributed by atoms with Gasteiger partial charge in [-0.05, 0) is 36.2 Å². The van der Waals surface area contributed by atoms with Crippen LogP contribution in [0.15, 0.2) is 60.0 Å². The van der Waals surface area contributed by atoms with E-state index in [1.165, 1.54) is 30.9 Å². The quantitative estimate of drug-likeness (QED) is 0.405. The average molecular weight is 456 g/mol. The molecule has 2 heterocycles. The number of benzene rings is 2. The lowest BCUT2D eigenvalue weighted by Crippen LogP contribution is -2.16. The highest BCUT2D eigenvalue weighted by Crippen LogP contribution is 2.28. The number of rotatable bonds is 7. The van der Waals surface area contributed by atoms with E-state index in [2.05, 4.69) is 19.7 Å². The Bertz CT molecular complexity index is 1420. The summed E-state index contributed by atoms with van der Waals surface area (Å²) in [5.41, 5.74) is -0.163. The lowest BCUT2D eigenvalue weighted by Gasteiger charge is -2.12. The molecule has 0 saturated heterocycles. The number of aromatic nitrogens is 3. The minimum atomic E-state index is -4.16. The van der Waals surface area contributed by atoms with Crippen LogP contribution in [0.5, 0.6) is 0 Å². The van der Waals surface area contributed by atoms with E-state index in [-0.39, 0.29) is 15.8 Å². The second-order valence-electron chi connectivity index (χ2n) is 7.10. The van der Waals surface area contributed by atoms with Crippen molar-refractivity contribution in [2.24, 2.45) is 0 Å². The Kier molecular flexibility index (Phi) is 5.70. The number of hydrogen-bond acceptors (Lipinski definition) is 5. The molecule has 2 aromatic carbocycles. The molecule has 7 nitrogen and oxygen atoms in total. The molecule has 0 spiro atoms. The fourth-order valence-corrected chi connectivity index (χ4v) is 4.41. The lowest BCUT2D eigenvalue weighted by molar-refractivity contribution is 0.103. The van der Waals surface area contributed by atoms with Gasteiger partial charge in [-0.2, -0.15) is 0 Å². The number of fused-ring (bicyclic) bond motifs is 1. The minimum absolute atomic E-state index is 0.0371. The van der Waals surface area contributed by atoms with Gasteiger partial charge in [-0.25, -0.2) is 27.2 Å². The number of nitrogens with zero attached hydrogens (tertiary/aromatic N) is 2. The van der Waals surface area contributed by atoms with Crippen LogP contribution in [-0.2, 0) is 16.4 Å². The number of halogens is 2. The summed E-state index contributed by atoms with van der Waals surface area (Å²) < 4.78 is 57.2. The Labute approximate surface area is 182 Å². The zero-order valence-electron chi connectivity index (χ0n) is 16.9. The highest BCUT2D eigenvalue weighted by Gasteiger charge is 2.26. The van der Waals surface area contributed by atoms with E-state index in [0.29, 0.717) is 5.65 Å². The minimum Gasteiger partial charge on any atom is -0.345 e. The van der Waals surface area contributed by atoms with Crippen LogP contribution in [-0.4, -0.2) is 29.2 Å². The number of aryl methyl sites for hydroxylation is 1. The molecule has 0 aliphatic carbocycles. The maximum Gasteiger partial charge on any atom is 0.261 e. The molecule has 0 fully saturated rings. The van der Waals surface area contributed by atoms with Crippen molar-refractivity contribution < 1.29 is 22.0 Å². The molecule has 164 valence electrons. The maximum atomic E-state index is 15.2. The number of H-pyrrole nitrogens is 1. The fourth-order valence-electron chi connectivity index (χ4n) is 3.35. The van der Waals surface area contributed by atoms with E-state index < -0.39 is 38.7 Å². The highest BCUT2D eigenvalue weighted by molar-refractivity contribution is 7.92. The molecule has 0 amide bonds. The Balaban J connectivity index is 1.69. The summed E-state index contributed by atoms with van der Waals surface area (Å²) in [5, 5.41) is 0.287. The van der Waals surface area contributed by atoms with Gasteiger partial charge in [-0.15, -0.1) is 0 Å². The first-order valence-electron chi connectivity index (χ1n) is 9.73. The molecule has 0 aliphatic heterocycles. The topological polar surface area (TPSA) is 105 Å². The molecule has 0 bridgehead atoms. The summed E-state index contributed by atoms with van der Waals surface area (Å²) in [4.78, 5) is 23.3. The van der Waals surface area contributed by atoms with Crippen molar-refractivity contribution in [3.05, 3.63) is 83.4 Å². The number of carbonyl (C=O) groups is 1. The molecule has 2 aromatic heterocycles. The van der Waals surface area contributed by atoms with E-state index >= 15 is 4.39 Å². The van der Waals surface area contributed by atoms with E-state index in [1.54, 1.807) is 12.1 Å². The smallest absolute Gasteiger partial charge is 0.261 e. The van der Waals surface area contributed by atoms with E-state index in [9.17, 15) is 17.6 Å². The molecule has 2 N–H and O–H groups in total. The number of hydrogen-bond donors (Lipinski definition) is 2. The SMILES string of the molecule is CCCc1ccc(S(=O)(=O)Nc2ccc(F)c(C(=O)c3c[nH]c4ncncc34)c2F)cc1. The van der Waals surface area contributed by atoms with Crippen molar-refractivity contribution in [2.75, 3.05) is 4.72 Å². The summed E-state index contributed by atoms with van der Waals surface area (Å²) in [6.45, 7) is 2.01. The summed E-state index contributed by atoms with van der Waals surface area (Å²) >= 11 is 0. The van der Waals surface area contributed by atoms with Crippen molar-refractivity contribution in [1.82, 2.24) is 15.0 Å². The van der Waals surface area contributed by atoms with Crippen LogP contribution in [0.4, 0.5) is 14.5 Å². The van der Waals surface area contributed by atoms with Gasteiger partial charge in [0.25, 0.3) is 10.0 Å². The average Bonchev–Trinajstić information content (AvgIpc) is 3.20. The number of sulfonamides is 1. The Hall–Kier alpha value is -3.66. The van der Waals surface area contributed by atoms with Crippen LogP contribution in [0.25, 0.3) is 11.0 Å². The first-order valence-corrected chi connectivity index (χ1v) is 11.2. The Morgan fingerprint density at radius 1 is 1.12 bits per heavy atom. The summed E-state index contributed by atoms with van der Waals surface area (Å²) in [6.07, 6.45) is 5.58. The van der Waals surface area contributed by atoms with Gasteiger partial charge < -0.3 is 4.98 Å². The molecular weight excluding hydrogens is 438 g/mol. The third kappa shape index (κ3) is 3.96. The van der Waals surface area contributed by atoms with Crippen molar-refractivity contribution in [2.45, 2.75) is 24.7 Å². The van der Waals surface area contributed by atoms with Gasteiger partial charge in [0.1, 0.15) is 17.8 Å². The summed E-state index contributed by atoms with van der Waals surface area (Å²) in [7, 11) is -4.16. The maximum absolute atomic E-state index is 15.2. The first kappa shape index (κ1) is 21.6. The fraction of sp³-hybridized carbons (Fsp3) is 0.136. The molecular formula is C22H18F2N4O3S. The second-order valence-corrected chi connectivity index (χ2v) is 8.78. The van der Waals surface area contributed by atoms with Gasteiger partial charge in [-0.3, -0.25) is 9.52 Å². The Morgan fingerprint density at radius 3 is 2.59 bits per heavy atom. The van der Waals surface area contributed by atoms with Crippen LogP contribution in [0.3, 0.4) is 0 Å². The van der Waals surface area contributed by atoms with Crippen molar-refractivity contribution in [3.63, 3.8) is 0 Å². The predicted molar refractivity (Wildman–Crippen MR) is 115 cm³/mol. The van der Waals surface area contributed by atoms with Crippen LogP contribution in [0.1, 0.15) is 34.8 Å². The normalized spacial score (nSPS) is 11.6. The number of anilines is 1. The highest BCUT2D eigenvalue weighted by atomic mass is 32.2. The van der Waals surface area contributed by atoms with Gasteiger partial charge in [0.2, 0.25) is 5.78 Å². The Morgan fingerprint density at radius 2 is 1.88 bits per heavy atom. The molecule has 0 saturated carbocycles. The van der Waals surface area contributed by atoms with Crippen molar-refractivity contribution in [1.29, 1.82) is 0 Å². The predicted octanol–water partition coefficient (Wildman–Crippen LogP) is 4.22. The zero-order valence-corrected chi connectivity index (χ0v) is 17.7. The number of ketones is 1. The molecule has 0 radical (unpaired) electrons. The van der Waals surface area contributed by atoms with E-state index in [1.807, 2.05) is 6.92 Å². The van der Waals surface area contributed by atoms with Gasteiger partial charge in [0.05, 0.1) is 21.7 Å². The standard InChI is InChI=1S/C22H18F2N4O3S/c1-2-3-13-4-6-14(7-5-13)32(30,31)28-18-9-8-17(23)19(20(18)24)21(29)15-11-26-22-16(15)10-25-12-27-22/h4-12,28H,2-3H2,1H3,(H,25,26,27). The molecule has 0 unspecified atom stereocenters. The largest absolute Gasteiger partial charge is 0.345 e. The third-order valence-electron chi connectivity index (χ3n) is 4.94. The van der Waals surface area contributed by atoms with E-state index in [0.717, 1.165) is 30.5 Å². The molecule has 0 atom stereocenters. The van der Waals surface area contributed by atoms with Gasteiger partial charge >= 0.3 is 0 Å². The van der Waals surface area contributed by atoms with Gasteiger partial charge in [0, 0.05) is 17.8 Å². The zero-order chi connectivity index (χ0) is 22.9. The molecule has 0 aliphatic rings. The number of carbonyl (C=O) groups excluding carboxylic acids is 1. The monoisotopic (exact) mass is 456 g/mol. The lowest BCUT2D eigenvalue weighted by atomic mass is 10.0. The molecule has 32 heavy (non-hydrogen) atoms. The van der Waals surface area contributed by atoms with Crippen molar-refractivity contribution >= 4 is 32.5 Å². The van der Waals surface area contributed by atoms with Gasteiger partial charge in [0.15, 0.2) is 5.82 Å². The van der Waals surface area contributed by atoms with Crippen LogP contribution in [0.2, 0.25) is 0 Å². The van der Waals surface area contributed by atoms with Crippen LogP contribution < -0.4 is 4.72 Å². The molecule has 10 heteroatoms. The van der Waals surface area contributed by atoms with Crippen LogP contribution >= 0.6 is 0 Å². The van der Waals surface area contributed by atoms with Gasteiger partial charge in [-0.1, -0.05) is 25.5 Å². The van der Waals surface area contributed by atoms with E-state index in [4.69, 9.17) is 0 Å². The summed E-state index contributed by atoms with van der Waals surface area (Å²) in [6, 6.07) is 7.94. The number of nitrogens with one attached hydrogen (secondary N) is 2. The van der Waals surface area contributed by atoms with Crippen molar-refractivity contribution in [3.8, 4) is 0 Å². The third-order valence-corrected chi connectivity index (χ3v) is 6.32. The number of aromatic amines is 1. The molecule has 4 rings (SSSR count). The summed E-state index contributed by atoms with van der Waals surface area (Å²) in [5.74, 6) is -3.40. The van der Waals surface area contributed by atoms with Crippen LogP contribution in [0, 0.1) is 11.6 Å². The second kappa shape index (κ2) is 8.46.